The minimum atomic E-state index is -3.72. The van der Waals surface area contributed by atoms with Crippen molar-refractivity contribution in [1.82, 2.24) is 24.1 Å². The van der Waals surface area contributed by atoms with Crippen molar-refractivity contribution < 1.29 is 17.7 Å². The first kappa shape index (κ1) is 20.3. The van der Waals surface area contributed by atoms with Crippen molar-refractivity contribution in [1.29, 1.82) is 0 Å². The lowest BCUT2D eigenvalue weighted by atomic mass is 10.1. The van der Waals surface area contributed by atoms with Gasteiger partial charge in [0.25, 0.3) is 5.91 Å². The molecule has 3 aromatic rings. The third kappa shape index (κ3) is 3.63. The van der Waals surface area contributed by atoms with Gasteiger partial charge in [-0.15, -0.1) is 0 Å². The summed E-state index contributed by atoms with van der Waals surface area (Å²) >= 11 is 0. The van der Waals surface area contributed by atoms with Crippen LogP contribution in [0.4, 0.5) is 0 Å². The normalized spacial score (nSPS) is 16.5. The molecule has 1 saturated heterocycles. The minimum absolute atomic E-state index is 0.112. The molecule has 0 bridgehead atoms. The summed E-state index contributed by atoms with van der Waals surface area (Å²) in [7, 11) is -3.72. The van der Waals surface area contributed by atoms with Crippen LogP contribution in [-0.2, 0) is 14.8 Å². The SMILES string of the molecule is Cc1noc(C)c1S(=O)(=O)N1CCN(C(=O)C(c2ccccc2)n2cccn2)CC1. The van der Waals surface area contributed by atoms with Gasteiger partial charge in [0.15, 0.2) is 11.8 Å². The molecule has 0 saturated carbocycles. The van der Waals surface area contributed by atoms with Gasteiger partial charge in [0.05, 0.1) is 0 Å². The maximum atomic E-state index is 13.4. The van der Waals surface area contributed by atoms with Crippen molar-refractivity contribution in [2.75, 3.05) is 26.2 Å². The molecule has 0 N–H and O–H groups in total. The van der Waals surface area contributed by atoms with Crippen LogP contribution in [0.3, 0.4) is 0 Å². The maximum absolute atomic E-state index is 13.4. The second-order valence-corrected chi connectivity index (χ2v) is 9.06. The van der Waals surface area contributed by atoms with Crippen molar-refractivity contribution in [3.8, 4) is 0 Å². The van der Waals surface area contributed by atoms with E-state index in [0.717, 1.165) is 5.56 Å². The molecule has 9 nitrogen and oxygen atoms in total. The molecule has 4 rings (SSSR count). The molecule has 10 heteroatoms. The van der Waals surface area contributed by atoms with Crippen LogP contribution in [0.25, 0.3) is 0 Å². The standard InChI is InChI=1S/C20H23N5O4S/c1-15-19(16(2)29-22-15)30(27,28)24-13-11-23(12-14-24)20(26)18(25-10-6-9-21-25)17-7-4-3-5-8-17/h3-10,18H,11-14H2,1-2H3. The van der Waals surface area contributed by atoms with Gasteiger partial charge >= 0.3 is 0 Å². The lowest BCUT2D eigenvalue weighted by Gasteiger charge is -2.35. The van der Waals surface area contributed by atoms with Gasteiger partial charge in [0.1, 0.15) is 10.6 Å². The van der Waals surface area contributed by atoms with Crippen LogP contribution in [0.15, 0.2) is 58.2 Å². The Labute approximate surface area is 174 Å². The molecule has 2 aromatic heterocycles. The molecule has 1 amide bonds. The Morgan fingerprint density at radius 3 is 2.33 bits per heavy atom. The number of carbonyl (C=O) groups is 1. The molecule has 3 heterocycles. The molecule has 0 spiro atoms. The fraction of sp³-hybridized carbons (Fsp3) is 0.350. The van der Waals surface area contributed by atoms with Crippen molar-refractivity contribution in [3.63, 3.8) is 0 Å². The van der Waals surface area contributed by atoms with E-state index in [9.17, 15) is 13.2 Å². The van der Waals surface area contributed by atoms with Crippen LogP contribution in [-0.4, -0.2) is 64.6 Å². The van der Waals surface area contributed by atoms with Crippen LogP contribution >= 0.6 is 0 Å². The van der Waals surface area contributed by atoms with Crippen molar-refractivity contribution in [3.05, 3.63) is 65.8 Å². The number of hydrogen-bond donors (Lipinski definition) is 0. The fourth-order valence-electron chi connectivity index (χ4n) is 3.77. The van der Waals surface area contributed by atoms with Crippen LogP contribution < -0.4 is 0 Å². The first-order chi connectivity index (χ1) is 14.4. The van der Waals surface area contributed by atoms with E-state index in [1.54, 1.807) is 41.9 Å². The number of aromatic nitrogens is 3. The summed E-state index contributed by atoms with van der Waals surface area (Å²) < 4.78 is 34.1. The summed E-state index contributed by atoms with van der Waals surface area (Å²) in [6, 6.07) is 10.6. The highest BCUT2D eigenvalue weighted by Gasteiger charge is 2.36. The van der Waals surface area contributed by atoms with E-state index >= 15 is 0 Å². The molecule has 1 fully saturated rings. The molecule has 158 valence electrons. The Morgan fingerprint density at radius 1 is 1.07 bits per heavy atom. The van der Waals surface area contributed by atoms with Gasteiger partial charge < -0.3 is 9.42 Å². The molecule has 1 atom stereocenters. The number of nitrogens with zero attached hydrogens (tertiary/aromatic N) is 5. The van der Waals surface area contributed by atoms with Gasteiger partial charge in [0, 0.05) is 38.6 Å². The molecule has 1 aliphatic heterocycles. The Balaban J connectivity index is 1.52. The number of carbonyl (C=O) groups excluding carboxylic acids is 1. The zero-order valence-electron chi connectivity index (χ0n) is 16.8. The fourth-order valence-corrected chi connectivity index (χ4v) is 5.48. The Bertz CT molecular complexity index is 1100. The summed E-state index contributed by atoms with van der Waals surface area (Å²) in [6.07, 6.45) is 3.39. The second kappa shape index (κ2) is 8.04. The van der Waals surface area contributed by atoms with E-state index < -0.39 is 16.1 Å². The van der Waals surface area contributed by atoms with Crippen LogP contribution in [0, 0.1) is 13.8 Å². The lowest BCUT2D eigenvalue weighted by Crippen LogP contribution is -2.52. The summed E-state index contributed by atoms with van der Waals surface area (Å²) in [4.78, 5) is 15.2. The number of aryl methyl sites for hydroxylation is 2. The molecule has 1 unspecified atom stereocenters. The number of rotatable bonds is 5. The third-order valence-electron chi connectivity index (χ3n) is 5.25. The topological polar surface area (TPSA) is 102 Å². The van der Waals surface area contributed by atoms with Crippen LogP contribution in [0.2, 0.25) is 0 Å². The van der Waals surface area contributed by atoms with E-state index in [0.29, 0.717) is 18.8 Å². The maximum Gasteiger partial charge on any atom is 0.252 e. The first-order valence-electron chi connectivity index (χ1n) is 9.65. The molecule has 0 radical (unpaired) electrons. The van der Waals surface area contributed by atoms with Crippen LogP contribution in [0.5, 0.6) is 0 Å². The molecular weight excluding hydrogens is 406 g/mol. The largest absolute Gasteiger partial charge is 0.360 e. The monoisotopic (exact) mass is 429 g/mol. The molecule has 0 aliphatic carbocycles. The van der Waals surface area contributed by atoms with Gasteiger partial charge in [-0.25, -0.2) is 8.42 Å². The number of amides is 1. The van der Waals surface area contributed by atoms with Gasteiger partial charge in [-0.2, -0.15) is 9.40 Å². The predicted molar refractivity (Wildman–Crippen MR) is 108 cm³/mol. The minimum Gasteiger partial charge on any atom is -0.360 e. The zero-order chi connectivity index (χ0) is 21.3. The lowest BCUT2D eigenvalue weighted by molar-refractivity contribution is -0.135. The number of hydrogen-bond acceptors (Lipinski definition) is 6. The Kier molecular flexibility index (Phi) is 5.44. The van der Waals surface area contributed by atoms with Crippen molar-refractivity contribution in [2.45, 2.75) is 24.8 Å². The number of piperazine rings is 1. The first-order valence-corrected chi connectivity index (χ1v) is 11.1. The highest BCUT2D eigenvalue weighted by Crippen LogP contribution is 2.26. The highest BCUT2D eigenvalue weighted by atomic mass is 32.2. The quantitative estimate of drug-likeness (QED) is 0.611. The smallest absolute Gasteiger partial charge is 0.252 e. The van der Waals surface area contributed by atoms with E-state index in [-0.39, 0.29) is 29.7 Å². The summed E-state index contributed by atoms with van der Waals surface area (Å²) in [5, 5.41) is 8.01. The third-order valence-corrected chi connectivity index (χ3v) is 7.40. The van der Waals surface area contributed by atoms with Crippen molar-refractivity contribution in [2.24, 2.45) is 0 Å². The average molecular weight is 430 g/mol. The predicted octanol–water partition coefficient (Wildman–Crippen LogP) is 1.61. The second-order valence-electron chi connectivity index (χ2n) is 7.18. The highest BCUT2D eigenvalue weighted by molar-refractivity contribution is 7.89. The Morgan fingerprint density at radius 2 is 1.77 bits per heavy atom. The summed E-state index contributed by atoms with van der Waals surface area (Å²) in [5.41, 5.74) is 1.17. The average Bonchev–Trinajstić information content (AvgIpc) is 3.39. The molecular formula is C20H23N5O4S. The van der Waals surface area contributed by atoms with Crippen LogP contribution in [0.1, 0.15) is 23.1 Å². The molecule has 1 aromatic carbocycles. The van der Waals surface area contributed by atoms with E-state index in [2.05, 4.69) is 10.3 Å². The van der Waals surface area contributed by atoms with Gasteiger partial charge in [-0.3, -0.25) is 9.48 Å². The zero-order valence-corrected chi connectivity index (χ0v) is 17.6. The van der Waals surface area contributed by atoms with E-state index in [1.807, 2.05) is 30.3 Å². The van der Waals surface area contributed by atoms with Gasteiger partial charge in [-0.05, 0) is 25.5 Å². The number of benzene rings is 1. The van der Waals surface area contributed by atoms with E-state index in [4.69, 9.17) is 4.52 Å². The van der Waals surface area contributed by atoms with Gasteiger partial charge in [-0.1, -0.05) is 35.5 Å². The molecule has 30 heavy (non-hydrogen) atoms. The molecule has 1 aliphatic rings. The van der Waals surface area contributed by atoms with Crippen molar-refractivity contribution >= 4 is 15.9 Å². The Hall–Kier alpha value is -2.98. The summed E-state index contributed by atoms with van der Waals surface area (Å²) in [6.45, 7) is 4.20. The number of sulfonamides is 1. The van der Waals surface area contributed by atoms with E-state index in [1.165, 1.54) is 4.31 Å². The van der Waals surface area contributed by atoms with Gasteiger partial charge in [0.2, 0.25) is 10.0 Å². The summed E-state index contributed by atoms with van der Waals surface area (Å²) in [5.74, 6) is 0.160.